The molecule has 2 N–H and O–H groups in total. The first kappa shape index (κ1) is 34.0. The summed E-state index contributed by atoms with van der Waals surface area (Å²) >= 11 is 6.50. The van der Waals surface area contributed by atoms with Crippen molar-refractivity contribution in [3.63, 3.8) is 0 Å². The first-order valence-corrected chi connectivity index (χ1v) is 16.5. The Morgan fingerprint density at radius 2 is 1.58 bits per heavy atom. The third kappa shape index (κ3) is 8.87. The van der Waals surface area contributed by atoms with E-state index in [1.807, 2.05) is 60.7 Å². The van der Waals surface area contributed by atoms with Gasteiger partial charge in [-0.2, -0.15) is 0 Å². The van der Waals surface area contributed by atoms with Crippen LogP contribution in [0.5, 0.6) is 5.75 Å². The van der Waals surface area contributed by atoms with Gasteiger partial charge in [0.15, 0.2) is 9.84 Å². The van der Waals surface area contributed by atoms with E-state index in [9.17, 15) is 26.4 Å². The first-order chi connectivity index (χ1) is 21.3. The van der Waals surface area contributed by atoms with Crippen LogP contribution in [-0.4, -0.2) is 45.2 Å². The number of carbonyl (C=O) groups excluding carboxylic acids is 1. The normalized spacial score (nSPS) is 12.1. The summed E-state index contributed by atoms with van der Waals surface area (Å²) in [6.07, 6.45) is 1.26. The van der Waals surface area contributed by atoms with Crippen molar-refractivity contribution in [2.45, 2.75) is 36.6 Å². The number of amides is 1. The molecule has 0 atom stereocenters. The van der Waals surface area contributed by atoms with Gasteiger partial charge in [0.05, 0.1) is 22.1 Å². The summed E-state index contributed by atoms with van der Waals surface area (Å²) in [4.78, 5) is 13.2. The summed E-state index contributed by atoms with van der Waals surface area (Å²) in [5.74, 6) is -5.55. The van der Waals surface area contributed by atoms with E-state index < -0.39 is 37.9 Å². The summed E-state index contributed by atoms with van der Waals surface area (Å²) in [6.45, 7) is 2.08. The number of rotatable bonds is 14. The Morgan fingerprint density at radius 3 is 2.11 bits per heavy atom. The van der Waals surface area contributed by atoms with Crippen molar-refractivity contribution in [2.75, 3.05) is 26.0 Å². The number of carbonyl (C=O) groups is 1. The molecule has 4 aromatic rings. The summed E-state index contributed by atoms with van der Waals surface area (Å²) in [5, 5.41) is 0.000502. The second-order valence-electron chi connectivity index (χ2n) is 10.9. The molecule has 0 saturated carbocycles. The maximum Gasteiger partial charge on any atom is 0.271 e. The maximum absolute atomic E-state index is 14.7. The van der Waals surface area contributed by atoms with Gasteiger partial charge in [-0.3, -0.25) is 9.69 Å². The first-order valence-electron chi connectivity index (χ1n) is 14.2. The lowest BCUT2D eigenvalue weighted by Gasteiger charge is -2.29. The molecule has 0 aliphatic carbocycles. The molecule has 4 rings (SSSR count). The summed E-state index contributed by atoms with van der Waals surface area (Å²) in [6, 6.07) is 26.4. The zero-order chi connectivity index (χ0) is 32.8. The van der Waals surface area contributed by atoms with Gasteiger partial charge in [0, 0.05) is 50.4 Å². The fraction of sp³-hybridized carbons (Fsp3) is 0.265. The molecule has 45 heavy (non-hydrogen) atoms. The molecule has 0 heterocycles. The van der Waals surface area contributed by atoms with Gasteiger partial charge in [0.25, 0.3) is 11.8 Å². The highest BCUT2D eigenvalue weighted by Gasteiger charge is 2.29. The van der Waals surface area contributed by atoms with Gasteiger partial charge in [0.2, 0.25) is 0 Å². The second kappa shape index (κ2) is 14.5. The van der Waals surface area contributed by atoms with Gasteiger partial charge in [-0.05, 0) is 29.2 Å². The molecule has 0 bridgehead atoms. The van der Waals surface area contributed by atoms with Crippen LogP contribution in [0.4, 0.5) is 13.2 Å². The standard InChI is InChI=1S/C34H34ClF3N2O4S/c1-34(37,38)28-16-9-15-25(32(28)35)21-40(22-27(23-11-5-3-6-12-23)24-13-7-4-8-14-24)17-10-18-44-26-19-29(36)31(33(39)41)30(20-26)45(2,42)43/h3-9,11-16,19-20,27H,10,17-18,21-22H2,1-2H3,(H2,39,41). The highest BCUT2D eigenvalue weighted by atomic mass is 35.5. The van der Waals surface area contributed by atoms with Crippen LogP contribution in [0.2, 0.25) is 5.02 Å². The van der Waals surface area contributed by atoms with Crippen molar-refractivity contribution in [3.8, 4) is 5.75 Å². The maximum atomic E-state index is 14.7. The number of primary amides is 1. The number of benzene rings is 4. The van der Waals surface area contributed by atoms with Crippen LogP contribution in [-0.2, 0) is 22.3 Å². The highest BCUT2D eigenvalue weighted by molar-refractivity contribution is 7.90. The minimum Gasteiger partial charge on any atom is -0.493 e. The van der Waals surface area contributed by atoms with Gasteiger partial charge in [-0.1, -0.05) is 90.5 Å². The Labute approximate surface area is 266 Å². The van der Waals surface area contributed by atoms with Crippen molar-refractivity contribution in [2.24, 2.45) is 5.73 Å². The third-order valence-corrected chi connectivity index (χ3v) is 8.92. The fourth-order valence-electron chi connectivity index (χ4n) is 5.20. The molecule has 0 radical (unpaired) electrons. The van der Waals surface area contributed by atoms with Crippen molar-refractivity contribution in [3.05, 3.63) is 130 Å². The van der Waals surface area contributed by atoms with Crippen molar-refractivity contribution in [1.82, 2.24) is 4.90 Å². The molecule has 0 aliphatic rings. The van der Waals surface area contributed by atoms with E-state index >= 15 is 0 Å². The largest absolute Gasteiger partial charge is 0.493 e. The van der Waals surface area contributed by atoms with E-state index in [4.69, 9.17) is 22.1 Å². The molecule has 0 saturated heterocycles. The lowest BCUT2D eigenvalue weighted by atomic mass is 9.90. The monoisotopic (exact) mass is 658 g/mol. The number of nitrogens with zero attached hydrogens (tertiary/aromatic N) is 1. The zero-order valence-electron chi connectivity index (χ0n) is 24.9. The molecular formula is C34H34ClF3N2O4S. The van der Waals surface area contributed by atoms with Crippen LogP contribution in [0.1, 0.15) is 51.9 Å². The van der Waals surface area contributed by atoms with E-state index in [2.05, 4.69) is 4.90 Å². The third-order valence-electron chi connectivity index (χ3n) is 7.35. The molecule has 0 aromatic heterocycles. The second-order valence-corrected chi connectivity index (χ2v) is 13.3. The summed E-state index contributed by atoms with van der Waals surface area (Å²) in [7, 11) is -3.98. The number of sulfone groups is 1. The average molecular weight is 659 g/mol. The lowest BCUT2D eigenvalue weighted by molar-refractivity contribution is 0.0174. The molecule has 238 valence electrons. The van der Waals surface area contributed by atoms with E-state index in [0.717, 1.165) is 36.4 Å². The Morgan fingerprint density at radius 1 is 0.978 bits per heavy atom. The Hall–Kier alpha value is -3.86. The van der Waals surface area contributed by atoms with E-state index in [1.54, 1.807) is 12.1 Å². The van der Waals surface area contributed by atoms with Crippen LogP contribution in [0.3, 0.4) is 0 Å². The van der Waals surface area contributed by atoms with Crippen LogP contribution >= 0.6 is 11.6 Å². The SMILES string of the molecule is CC(F)(F)c1cccc(CN(CCCOc2cc(F)c(C(N)=O)c(S(C)(=O)=O)c2)CC(c2ccccc2)c2ccccc2)c1Cl. The molecule has 4 aromatic carbocycles. The fourth-order valence-corrected chi connectivity index (χ4v) is 6.45. The van der Waals surface area contributed by atoms with Crippen LogP contribution in [0.25, 0.3) is 0 Å². The Balaban J connectivity index is 1.60. The molecule has 0 spiro atoms. The molecule has 0 unspecified atom stereocenters. The quantitative estimate of drug-likeness (QED) is 0.145. The molecule has 0 aliphatic heterocycles. The number of hydrogen-bond acceptors (Lipinski definition) is 5. The van der Waals surface area contributed by atoms with Crippen molar-refractivity contribution < 1.29 is 31.1 Å². The van der Waals surface area contributed by atoms with Gasteiger partial charge in [-0.15, -0.1) is 0 Å². The molecule has 6 nitrogen and oxygen atoms in total. The molecular weight excluding hydrogens is 625 g/mol. The van der Waals surface area contributed by atoms with Gasteiger partial charge >= 0.3 is 0 Å². The molecule has 1 amide bonds. The van der Waals surface area contributed by atoms with E-state index in [1.165, 1.54) is 6.07 Å². The predicted molar refractivity (Wildman–Crippen MR) is 169 cm³/mol. The van der Waals surface area contributed by atoms with Crippen molar-refractivity contribution >= 4 is 27.3 Å². The predicted octanol–water partition coefficient (Wildman–Crippen LogP) is 7.20. The van der Waals surface area contributed by atoms with Gasteiger partial charge in [0.1, 0.15) is 11.6 Å². The summed E-state index contributed by atoms with van der Waals surface area (Å²) in [5.41, 5.74) is 6.92. The number of nitrogens with two attached hydrogens (primary N) is 1. The lowest BCUT2D eigenvalue weighted by Crippen LogP contribution is -2.31. The Kier molecular flexibility index (Phi) is 11.0. The molecule has 11 heteroatoms. The van der Waals surface area contributed by atoms with Crippen LogP contribution < -0.4 is 10.5 Å². The average Bonchev–Trinajstić information content (AvgIpc) is 2.98. The minimum atomic E-state index is -3.98. The highest BCUT2D eigenvalue weighted by Crippen LogP contribution is 2.36. The number of alkyl halides is 2. The van der Waals surface area contributed by atoms with Gasteiger partial charge in [-0.25, -0.2) is 21.6 Å². The molecule has 0 fully saturated rings. The number of ether oxygens (including phenoxy) is 1. The summed E-state index contributed by atoms with van der Waals surface area (Å²) < 4.78 is 73.4. The van der Waals surface area contributed by atoms with Crippen LogP contribution in [0.15, 0.2) is 95.9 Å². The smallest absolute Gasteiger partial charge is 0.271 e. The van der Waals surface area contributed by atoms with Crippen LogP contribution in [0, 0.1) is 5.82 Å². The topological polar surface area (TPSA) is 89.7 Å². The zero-order valence-corrected chi connectivity index (χ0v) is 26.4. The van der Waals surface area contributed by atoms with E-state index in [-0.39, 0.29) is 35.4 Å². The number of hydrogen-bond donors (Lipinski definition) is 1. The van der Waals surface area contributed by atoms with Crippen molar-refractivity contribution in [1.29, 1.82) is 0 Å². The Bertz CT molecular complexity index is 1690. The van der Waals surface area contributed by atoms with E-state index in [0.29, 0.717) is 25.1 Å². The number of halogens is 4. The minimum absolute atomic E-state index is 0.000502. The van der Waals surface area contributed by atoms with Gasteiger partial charge < -0.3 is 10.5 Å².